The number of rotatable bonds is 9. The fourth-order valence-corrected chi connectivity index (χ4v) is 2.94. The minimum atomic E-state index is -0.108. The lowest BCUT2D eigenvalue weighted by Crippen LogP contribution is -2.40. The van der Waals surface area contributed by atoms with Gasteiger partial charge in [-0.05, 0) is 38.8 Å². The molecular formula is C20H32N4O3. The van der Waals surface area contributed by atoms with Crippen LogP contribution in [0.2, 0.25) is 0 Å². The maximum Gasteiger partial charge on any atom is 0.224 e. The number of carbonyl (C=O) groups excluding carboxylic acids is 1. The number of nitrogens with one attached hydrogen (secondary N) is 2. The van der Waals surface area contributed by atoms with Crippen LogP contribution in [0.4, 0.5) is 0 Å². The molecule has 1 aromatic carbocycles. The number of hydrogen-bond donors (Lipinski definition) is 2. The molecular weight excluding hydrogens is 344 g/mol. The Labute approximate surface area is 162 Å². The zero-order valence-electron chi connectivity index (χ0n) is 16.7. The predicted molar refractivity (Wildman–Crippen MR) is 107 cm³/mol. The highest BCUT2D eigenvalue weighted by Crippen LogP contribution is 2.26. The van der Waals surface area contributed by atoms with Gasteiger partial charge in [0, 0.05) is 32.6 Å². The summed E-state index contributed by atoms with van der Waals surface area (Å²) in [6, 6.07) is 7.57. The first-order chi connectivity index (χ1) is 13.1. The van der Waals surface area contributed by atoms with Gasteiger partial charge in [0.1, 0.15) is 6.10 Å². The highest BCUT2D eigenvalue weighted by Gasteiger charge is 2.17. The zero-order valence-corrected chi connectivity index (χ0v) is 16.7. The number of nitrogens with zero attached hydrogens (tertiary/aromatic N) is 2. The van der Waals surface area contributed by atoms with Crippen LogP contribution >= 0.6 is 0 Å². The van der Waals surface area contributed by atoms with Crippen LogP contribution in [0.1, 0.15) is 33.1 Å². The Morgan fingerprint density at radius 2 is 1.93 bits per heavy atom. The van der Waals surface area contributed by atoms with Crippen molar-refractivity contribution in [2.24, 2.45) is 4.99 Å². The van der Waals surface area contributed by atoms with Crippen molar-refractivity contribution in [3.05, 3.63) is 24.3 Å². The summed E-state index contributed by atoms with van der Waals surface area (Å²) in [6.45, 7) is 7.59. The SMILES string of the molecule is CCNC(=NCC(C)Oc1ccccc1OC)NCCC(=O)N1CCCC1. The van der Waals surface area contributed by atoms with Gasteiger partial charge < -0.3 is 25.0 Å². The number of methoxy groups -OCH3 is 1. The van der Waals surface area contributed by atoms with Gasteiger partial charge in [-0.2, -0.15) is 0 Å². The van der Waals surface area contributed by atoms with E-state index in [1.165, 1.54) is 0 Å². The molecule has 0 spiro atoms. The molecule has 1 aliphatic heterocycles. The molecule has 2 rings (SSSR count). The van der Waals surface area contributed by atoms with Crippen LogP contribution in [0.5, 0.6) is 11.5 Å². The topological polar surface area (TPSA) is 75.2 Å². The van der Waals surface area contributed by atoms with Gasteiger partial charge in [0.15, 0.2) is 17.5 Å². The van der Waals surface area contributed by atoms with E-state index in [9.17, 15) is 4.79 Å². The molecule has 1 aromatic rings. The summed E-state index contributed by atoms with van der Waals surface area (Å²) in [5.41, 5.74) is 0. The van der Waals surface area contributed by atoms with Gasteiger partial charge >= 0.3 is 0 Å². The van der Waals surface area contributed by atoms with Crippen molar-refractivity contribution in [1.29, 1.82) is 0 Å². The highest BCUT2D eigenvalue weighted by atomic mass is 16.5. The fraction of sp³-hybridized carbons (Fsp3) is 0.600. The Kier molecular flexibility index (Phi) is 8.74. The Hall–Kier alpha value is -2.44. The maximum atomic E-state index is 12.1. The summed E-state index contributed by atoms with van der Waals surface area (Å²) in [4.78, 5) is 18.6. The predicted octanol–water partition coefficient (Wildman–Crippen LogP) is 2.03. The first-order valence-electron chi connectivity index (χ1n) is 9.73. The maximum absolute atomic E-state index is 12.1. The molecule has 1 unspecified atom stereocenters. The summed E-state index contributed by atoms with van der Waals surface area (Å²) in [6.07, 6.45) is 2.61. The van der Waals surface area contributed by atoms with Crippen LogP contribution < -0.4 is 20.1 Å². The van der Waals surface area contributed by atoms with Gasteiger partial charge in [-0.25, -0.2) is 4.99 Å². The van der Waals surface area contributed by atoms with E-state index in [-0.39, 0.29) is 12.0 Å². The molecule has 1 amide bonds. The van der Waals surface area contributed by atoms with Crippen molar-refractivity contribution in [1.82, 2.24) is 15.5 Å². The van der Waals surface area contributed by atoms with Crippen molar-refractivity contribution in [3.8, 4) is 11.5 Å². The van der Waals surface area contributed by atoms with E-state index in [0.717, 1.165) is 32.5 Å². The number of aliphatic imine (C=N–C) groups is 1. The minimum Gasteiger partial charge on any atom is -0.493 e. The molecule has 0 bridgehead atoms. The molecule has 27 heavy (non-hydrogen) atoms. The summed E-state index contributed by atoms with van der Waals surface area (Å²) in [7, 11) is 1.63. The zero-order chi connectivity index (χ0) is 19.5. The van der Waals surface area contributed by atoms with E-state index in [1.807, 2.05) is 43.0 Å². The molecule has 1 heterocycles. The van der Waals surface area contributed by atoms with Gasteiger partial charge in [0.25, 0.3) is 0 Å². The number of amides is 1. The molecule has 0 saturated carbocycles. The summed E-state index contributed by atoms with van der Waals surface area (Å²) < 4.78 is 11.2. The van der Waals surface area contributed by atoms with E-state index >= 15 is 0 Å². The summed E-state index contributed by atoms with van der Waals surface area (Å²) >= 11 is 0. The molecule has 7 heteroatoms. The molecule has 0 aliphatic carbocycles. The standard InChI is InChI=1S/C20H32N4O3/c1-4-21-20(22-12-11-19(25)24-13-7-8-14-24)23-15-16(2)27-18-10-6-5-9-17(18)26-3/h5-6,9-10,16H,4,7-8,11-15H2,1-3H3,(H2,21,22,23). The second-order valence-corrected chi connectivity index (χ2v) is 6.56. The number of benzene rings is 1. The fourth-order valence-electron chi connectivity index (χ4n) is 2.94. The Morgan fingerprint density at radius 1 is 1.22 bits per heavy atom. The number of likely N-dealkylation sites (tertiary alicyclic amines) is 1. The summed E-state index contributed by atoms with van der Waals surface area (Å²) in [5, 5.41) is 6.43. The Morgan fingerprint density at radius 3 is 2.59 bits per heavy atom. The Balaban J connectivity index is 1.80. The van der Waals surface area contributed by atoms with Gasteiger partial charge in [-0.1, -0.05) is 12.1 Å². The molecule has 1 atom stereocenters. The van der Waals surface area contributed by atoms with Crippen molar-refractivity contribution in [2.45, 2.75) is 39.2 Å². The van der Waals surface area contributed by atoms with Gasteiger partial charge in [0.2, 0.25) is 5.91 Å². The van der Waals surface area contributed by atoms with Crippen LogP contribution in [0.3, 0.4) is 0 Å². The van der Waals surface area contributed by atoms with E-state index in [2.05, 4.69) is 15.6 Å². The Bertz CT molecular complexity index is 615. The summed E-state index contributed by atoms with van der Waals surface area (Å²) in [5.74, 6) is 2.32. The van der Waals surface area contributed by atoms with Gasteiger partial charge in [0.05, 0.1) is 13.7 Å². The lowest BCUT2D eigenvalue weighted by atomic mass is 10.3. The molecule has 0 radical (unpaired) electrons. The van der Waals surface area contributed by atoms with Crippen molar-refractivity contribution in [3.63, 3.8) is 0 Å². The second kappa shape index (κ2) is 11.3. The molecule has 150 valence electrons. The molecule has 1 fully saturated rings. The van der Waals surface area contributed by atoms with E-state index in [0.29, 0.717) is 37.0 Å². The van der Waals surface area contributed by atoms with Crippen molar-refractivity contribution < 1.29 is 14.3 Å². The molecule has 1 aliphatic rings. The number of ether oxygens (including phenoxy) is 2. The van der Waals surface area contributed by atoms with Crippen LogP contribution in [0.15, 0.2) is 29.3 Å². The first-order valence-corrected chi connectivity index (χ1v) is 9.73. The number of carbonyl (C=O) groups is 1. The highest BCUT2D eigenvalue weighted by molar-refractivity contribution is 5.81. The van der Waals surface area contributed by atoms with Crippen LogP contribution in [-0.2, 0) is 4.79 Å². The van der Waals surface area contributed by atoms with Crippen molar-refractivity contribution >= 4 is 11.9 Å². The van der Waals surface area contributed by atoms with E-state index < -0.39 is 0 Å². The molecule has 7 nitrogen and oxygen atoms in total. The normalized spacial score (nSPS) is 15.4. The third-order valence-corrected chi connectivity index (χ3v) is 4.34. The number of hydrogen-bond acceptors (Lipinski definition) is 4. The lowest BCUT2D eigenvalue weighted by molar-refractivity contribution is -0.129. The van der Waals surface area contributed by atoms with Crippen LogP contribution in [0.25, 0.3) is 0 Å². The number of guanidine groups is 1. The van der Waals surface area contributed by atoms with Crippen molar-refractivity contribution in [2.75, 3.05) is 39.8 Å². The number of para-hydroxylation sites is 2. The van der Waals surface area contributed by atoms with Gasteiger partial charge in [-0.15, -0.1) is 0 Å². The minimum absolute atomic E-state index is 0.108. The second-order valence-electron chi connectivity index (χ2n) is 6.56. The van der Waals surface area contributed by atoms with Crippen LogP contribution in [-0.4, -0.2) is 62.7 Å². The monoisotopic (exact) mass is 376 g/mol. The first kappa shape index (κ1) is 20.9. The third kappa shape index (κ3) is 7.00. The lowest BCUT2D eigenvalue weighted by Gasteiger charge is -2.18. The smallest absolute Gasteiger partial charge is 0.224 e. The van der Waals surface area contributed by atoms with Gasteiger partial charge in [-0.3, -0.25) is 4.79 Å². The van der Waals surface area contributed by atoms with E-state index in [4.69, 9.17) is 9.47 Å². The molecule has 1 saturated heterocycles. The van der Waals surface area contributed by atoms with E-state index in [1.54, 1.807) is 7.11 Å². The average Bonchev–Trinajstić information content (AvgIpc) is 3.21. The largest absolute Gasteiger partial charge is 0.493 e. The van der Waals surface area contributed by atoms with Crippen LogP contribution in [0, 0.1) is 0 Å². The molecule has 0 aromatic heterocycles. The molecule has 2 N–H and O–H groups in total. The third-order valence-electron chi connectivity index (χ3n) is 4.34. The average molecular weight is 377 g/mol. The quantitative estimate of drug-likeness (QED) is 0.510.